The second-order valence-electron chi connectivity index (χ2n) is 8.74. The van der Waals surface area contributed by atoms with Crippen LogP contribution in [-0.4, -0.2) is 67.2 Å². The van der Waals surface area contributed by atoms with E-state index in [2.05, 4.69) is 49.0 Å². The van der Waals surface area contributed by atoms with Crippen molar-refractivity contribution in [2.24, 2.45) is 5.92 Å². The largest absolute Gasteiger partial charge is 0.383 e. The van der Waals surface area contributed by atoms with Crippen molar-refractivity contribution < 1.29 is 9.53 Å². The Kier molecular flexibility index (Phi) is 8.01. The van der Waals surface area contributed by atoms with E-state index < -0.39 is 0 Å². The minimum absolute atomic E-state index is 0.0127. The van der Waals surface area contributed by atoms with Gasteiger partial charge in [0.15, 0.2) is 5.82 Å². The third-order valence-corrected chi connectivity index (χ3v) is 6.91. The Balaban J connectivity index is 1.44. The molecule has 1 aromatic carbocycles. The van der Waals surface area contributed by atoms with Gasteiger partial charge in [0.25, 0.3) is 0 Å². The van der Waals surface area contributed by atoms with Crippen LogP contribution in [0.1, 0.15) is 30.4 Å². The summed E-state index contributed by atoms with van der Waals surface area (Å²) in [6.45, 7) is 3.81. The molecule has 33 heavy (non-hydrogen) atoms. The molecule has 2 heterocycles. The van der Waals surface area contributed by atoms with Gasteiger partial charge in [-0.2, -0.15) is 4.98 Å². The molecule has 9 heteroatoms. The van der Waals surface area contributed by atoms with Crippen molar-refractivity contribution in [1.29, 1.82) is 0 Å². The van der Waals surface area contributed by atoms with Gasteiger partial charge >= 0.3 is 0 Å². The first kappa shape index (κ1) is 23.7. The Morgan fingerprint density at radius 3 is 2.85 bits per heavy atom. The maximum absolute atomic E-state index is 12.2. The quantitative estimate of drug-likeness (QED) is 0.543. The molecule has 0 saturated heterocycles. The van der Waals surface area contributed by atoms with Crippen molar-refractivity contribution >= 4 is 35.0 Å². The van der Waals surface area contributed by atoms with E-state index in [4.69, 9.17) is 16.3 Å². The molecule has 2 atom stereocenters. The number of nitrogens with one attached hydrogen (secondary N) is 3. The molecule has 2 aromatic rings. The second-order valence-corrected chi connectivity index (χ2v) is 9.14. The molecule has 2 unspecified atom stereocenters. The number of carbonyl (C=O) groups excluding carboxylic acids is 1. The van der Waals surface area contributed by atoms with Crippen molar-refractivity contribution in [3.05, 3.63) is 40.5 Å². The fourth-order valence-corrected chi connectivity index (χ4v) is 4.90. The number of hydrogen-bond acceptors (Lipinski definition) is 7. The van der Waals surface area contributed by atoms with E-state index in [1.165, 1.54) is 11.1 Å². The highest BCUT2D eigenvalue weighted by molar-refractivity contribution is 6.32. The number of hydrogen-bond donors (Lipinski definition) is 3. The number of amides is 1. The molecule has 8 nitrogen and oxygen atoms in total. The van der Waals surface area contributed by atoms with Gasteiger partial charge in [-0.3, -0.25) is 4.79 Å². The summed E-state index contributed by atoms with van der Waals surface area (Å²) in [4.78, 5) is 23.6. The minimum atomic E-state index is -0.0783. The standard InChI is InChI=1S/C24H33ClN6O2/c1-26-23(32)19-4-3-5-21(19)29-22-20(25)15-27-24(30-22)28-18-7-6-16-8-10-31(12-13-33-2)11-9-17(16)14-18/h6-7,14-15,19,21H,3-5,8-13H2,1-2H3,(H,26,32)(H2,27,28,29,30). The number of nitrogens with zero attached hydrogens (tertiary/aromatic N) is 3. The van der Waals surface area contributed by atoms with E-state index in [9.17, 15) is 4.79 Å². The molecule has 0 radical (unpaired) electrons. The lowest BCUT2D eigenvalue weighted by molar-refractivity contribution is -0.124. The molecule has 1 fully saturated rings. The van der Waals surface area contributed by atoms with Crippen LogP contribution < -0.4 is 16.0 Å². The van der Waals surface area contributed by atoms with Gasteiger partial charge in [0.2, 0.25) is 11.9 Å². The zero-order valence-electron chi connectivity index (χ0n) is 19.4. The Bertz CT molecular complexity index is 972. The highest BCUT2D eigenvalue weighted by Crippen LogP contribution is 2.31. The lowest BCUT2D eigenvalue weighted by Gasteiger charge is -2.21. The molecular weight excluding hydrogens is 440 g/mol. The van der Waals surface area contributed by atoms with Gasteiger partial charge < -0.3 is 25.6 Å². The third kappa shape index (κ3) is 5.93. The maximum Gasteiger partial charge on any atom is 0.229 e. The van der Waals surface area contributed by atoms with Crippen LogP contribution in [0.5, 0.6) is 0 Å². The highest BCUT2D eigenvalue weighted by atomic mass is 35.5. The fraction of sp³-hybridized carbons (Fsp3) is 0.542. The Labute approximate surface area is 200 Å². The van der Waals surface area contributed by atoms with Crippen LogP contribution in [0.2, 0.25) is 5.02 Å². The van der Waals surface area contributed by atoms with E-state index in [1.807, 2.05) is 0 Å². The van der Waals surface area contributed by atoms with Gasteiger partial charge in [-0.15, -0.1) is 0 Å². The third-order valence-electron chi connectivity index (χ3n) is 6.63. The number of carbonyl (C=O) groups is 1. The smallest absolute Gasteiger partial charge is 0.229 e. The van der Waals surface area contributed by atoms with E-state index in [1.54, 1.807) is 20.4 Å². The molecule has 4 rings (SSSR count). The number of benzene rings is 1. The topological polar surface area (TPSA) is 91.4 Å². The number of halogens is 1. The van der Waals surface area contributed by atoms with Gasteiger partial charge in [0.1, 0.15) is 5.02 Å². The molecule has 1 aliphatic heterocycles. The fourth-order valence-electron chi connectivity index (χ4n) is 4.76. The summed E-state index contributed by atoms with van der Waals surface area (Å²) in [5.41, 5.74) is 3.70. The summed E-state index contributed by atoms with van der Waals surface area (Å²) < 4.78 is 5.23. The molecule has 1 saturated carbocycles. The summed E-state index contributed by atoms with van der Waals surface area (Å²) in [7, 11) is 3.42. The normalized spacial score (nSPS) is 20.7. The van der Waals surface area contributed by atoms with Gasteiger partial charge in [0, 0.05) is 45.5 Å². The summed E-state index contributed by atoms with van der Waals surface area (Å²) in [6, 6.07) is 6.48. The van der Waals surface area contributed by atoms with Crippen molar-refractivity contribution in [3.8, 4) is 0 Å². The summed E-state index contributed by atoms with van der Waals surface area (Å²) in [6.07, 6.45) is 6.42. The zero-order valence-corrected chi connectivity index (χ0v) is 20.1. The predicted molar refractivity (Wildman–Crippen MR) is 131 cm³/mol. The van der Waals surface area contributed by atoms with E-state index in [-0.39, 0.29) is 17.9 Å². The molecule has 2 aliphatic rings. The molecular formula is C24H33ClN6O2. The van der Waals surface area contributed by atoms with E-state index in [0.717, 1.165) is 64.0 Å². The number of anilines is 3. The Morgan fingerprint density at radius 2 is 2.06 bits per heavy atom. The number of methoxy groups -OCH3 is 1. The molecule has 1 aromatic heterocycles. The zero-order chi connectivity index (χ0) is 23.2. The average Bonchev–Trinajstić information content (AvgIpc) is 3.19. The van der Waals surface area contributed by atoms with Crippen molar-refractivity contribution in [2.45, 2.75) is 38.1 Å². The van der Waals surface area contributed by atoms with Crippen LogP contribution in [-0.2, 0) is 22.4 Å². The Morgan fingerprint density at radius 1 is 1.24 bits per heavy atom. The van der Waals surface area contributed by atoms with Crippen molar-refractivity contribution in [1.82, 2.24) is 20.2 Å². The molecule has 178 valence electrons. The van der Waals surface area contributed by atoms with E-state index >= 15 is 0 Å². The van der Waals surface area contributed by atoms with Crippen molar-refractivity contribution in [3.63, 3.8) is 0 Å². The van der Waals surface area contributed by atoms with Gasteiger partial charge in [-0.05, 0) is 48.9 Å². The monoisotopic (exact) mass is 472 g/mol. The van der Waals surface area contributed by atoms with E-state index in [0.29, 0.717) is 16.8 Å². The summed E-state index contributed by atoms with van der Waals surface area (Å²) in [5, 5.41) is 9.91. The van der Waals surface area contributed by atoms with Crippen LogP contribution in [0.3, 0.4) is 0 Å². The van der Waals surface area contributed by atoms with Gasteiger partial charge in [-0.1, -0.05) is 24.1 Å². The highest BCUT2D eigenvalue weighted by Gasteiger charge is 2.33. The van der Waals surface area contributed by atoms with Crippen LogP contribution in [0.25, 0.3) is 0 Å². The van der Waals surface area contributed by atoms with Crippen molar-refractivity contribution in [2.75, 3.05) is 51.0 Å². The van der Waals surface area contributed by atoms with Crippen LogP contribution in [0.15, 0.2) is 24.4 Å². The predicted octanol–water partition coefficient (Wildman–Crippen LogP) is 3.25. The first-order valence-corrected chi connectivity index (χ1v) is 12.1. The average molecular weight is 473 g/mol. The number of fused-ring (bicyclic) bond motifs is 1. The molecule has 0 bridgehead atoms. The van der Waals surface area contributed by atoms with Gasteiger partial charge in [0.05, 0.1) is 18.7 Å². The Hall–Kier alpha value is -2.42. The first-order chi connectivity index (χ1) is 16.1. The maximum atomic E-state index is 12.2. The summed E-state index contributed by atoms with van der Waals surface area (Å²) in [5.74, 6) is 1.01. The van der Waals surface area contributed by atoms with Crippen LogP contribution in [0.4, 0.5) is 17.5 Å². The molecule has 1 amide bonds. The number of ether oxygens (including phenoxy) is 1. The number of aromatic nitrogens is 2. The van der Waals surface area contributed by atoms with Gasteiger partial charge in [-0.25, -0.2) is 4.98 Å². The molecule has 3 N–H and O–H groups in total. The van der Waals surface area contributed by atoms with Crippen LogP contribution >= 0.6 is 11.6 Å². The minimum Gasteiger partial charge on any atom is -0.383 e. The lowest BCUT2D eigenvalue weighted by atomic mass is 10.0. The lowest BCUT2D eigenvalue weighted by Crippen LogP contribution is -2.36. The summed E-state index contributed by atoms with van der Waals surface area (Å²) >= 11 is 6.37. The van der Waals surface area contributed by atoms with Crippen LogP contribution in [0, 0.1) is 5.92 Å². The second kappa shape index (κ2) is 11.1. The SMILES string of the molecule is CNC(=O)C1CCCC1Nc1nc(Nc2ccc3c(c2)CCN(CCOC)CC3)ncc1Cl. The first-order valence-electron chi connectivity index (χ1n) is 11.7. The molecule has 0 spiro atoms. The molecule has 1 aliphatic carbocycles. The number of rotatable bonds is 8.